The highest BCUT2D eigenvalue weighted by molar-refractivity contribution is 5.76. The second-order valence-electron chi connectivity index (χ2n) is 8.14. The summed E-state index contributed by atoms with van der Waals surface area (Å²) < 4.78 is 5.20. The van der Waals surface area contributed by atoms with Crippen molar-refractivity contribution in [3.05, 3.63) is 66.5 Å². The van der Waals surface area contributed by atoms with Gasteiger partial charge in [0.05, 0.1) is 13.0 Å². The smallest absolute Gasteiger partial charge is 0.227 e. The van der Waals surface area contributed by atoms with E-state index in [1.54, 1.807) is 7.11 Å². The molecule has 1 amide bonds. The van der Waals surface area contributed by atoms with E-state index in [-0.39, 0.29) is 11.8 Å². The number of carbonyl (C=O) groups is 1. The van der Waals surface area contributed by atoms with Gasteiger partial charge in [-0.2, -0.15) is 0 Å². The molecule has 1 saturated heterocycles. The number of piperidine rings is 1. The average molecular weight is 432 g/mol. The molecule has 0 radical (unpaired) electrons. The highest BCUT2D eigenvalue weighted by atomic mass is 16.5. The molecule has 2 heterocycles. The van der Waals surface area contributed by atoms with E-state index in [1.807, 2.05) is 48.8 Å². The van der Waals surface area contributed by atoms with Gasteiger partial charge in [0.2, 0.25) is 11.9 Å². The Bertz CT molecular complexity index is 1020. The van der Waals surface area contributed by atoms with Gasteiger partial charge in [0.15, 0.2) is 0 Å². The minimum atomic E-state index is -0.177. The van der Waals surface area contributed by atoms with Crippen LogP contribution in [-0.4, -0.2) is 47.5 Å². The zero-order valence-corrected chi connectivity index (χ0v) is 18.3. The largest absolute Gasteiger partial charge is 0.497 e. The predicted octanol–water partition coefficient (Wildman–Crippen LogP) is 3.64. The van der Waals surface area contributed by atoms with Crippen LogP contribution in [0, 0.1) is 5.92 Å². The maximum absolute atomic E-state index is 11.4. The number of methoxy groups -OCH3 is 1. The lowest BCUT2D eigenvalue weighted by Crippen LogP contribution is -2.41. The number of nitrogens with one attached hydrogen (secondary N) is 1. The summed E-state index contributed by atoms with van der Waals surface area (Å²) in [4.78, 5) is 22.7. The summed E-state index contributed by atoms with van der Waals surface area (Å²) in [5.74, 6) is 1.19. The van der Waals surface area contributed by atoms with Gasteiger partial charge in [-0.25, -0.2) is 9.97 Å². The molecule has 0 spiro atoms. The molecule has 4 rings (SSSR count). The second-order valence-corrected chi connectivity index (χ2v) is 8.14. The first-order chi connectivity index (χ1) is 15.6. The minimum Gasteiger partial charge on any atom is -0.497 e. The third kappa shape index (κ3) is 5.62. The van der Waals surface area contributed by atoms with Crippen LogP contribution in [0.15, 0.2) is 60.9 Å². The summed E-state index contributed by atoms with van der Waals surface area (Å²) >= 11 is 0. The van der Waals surface area contributed by atoms with E-state index in [1.165, 1.54) is 5.56 Å². The molecule has 3 aromatic rings. The summed E-state index contributed by atoms with van der Waals surface area (Å²) in [6.07, 6.45) is 6.51. The van der Waals surface area contributed by atoms with Crippen molar-refractivity contribution in [2.45, 2.75) is 19.3 Å². The Morgan fingerprint density at radius 3 is 2.47 bits per heavy atom. The first-order valence-corrected chi connectivity index (χ1v) is 10.9. The Morgan fingerprint density at radius 1 is 1.09 bits per heavy atom. The molecule has 0 saturated carbocycles. The van der Waals surface area contributed by atoms with Crippen molar-refractivity contribution in [3.8, 4) is 16.9 Å². The summed E-state index contributed by atoms with van der Waals surface area (Å²) in [5.41, 5.74) is 9.67. The molecule has 1 fully saturated rings. The summed E-state index contributed by atoms with van der Waals surface area (Å²) in [7, 11) is 1.65. The fourth-order valence-electron chi connectivity index (χ4n) is 3.99. The molecule has 166 valence electrons. The van der Waals surface area contributed by atoms with Crippen molar-refractivity contribution in [3.63, 3.8) is 0 Å². The van der Waals surface area contributed by atoms with Crippen LogP contribution >= 0.6 is 0 Å². The van der Waals surface area contributed by atoms with Crippen molar-refractivity contribution in [2.75, 3.05) is 32.1 Å². The van der Waals surface area contributed by atoms with E-state index in [2.05, 4.69) is 32.3 Å². The van der Waals surface area contributed by atoms with Crippen molar-refractivity contribution in [1.29, 1.82) is 0 Å². The molecule has 1 aliphatic rings. The lowest BCUT2D eigenvalue weighted by atomic mass is 9.97. The van der Waals surface area contributed by atoms with Crippen molar-refractivity contribution in [2.24, 2.45) is 11.7 Å². The predicted molar refractivity (Wildman–Crippen MR) is 126 cm³/mol. The third-order valence-electron chi connectivity index (χ3n) is 5.91. The number of primary amides is 1. The van der Waals surface area contributed by atoms with E-state index >= 15 is 0 Å². The summed E-state index contributed by atoms with van der Waals surface area (Å²) in [6.45, 7) is 2.75. The van der Waals surface area contributed by atoms with Gasteiger partial charge in [-0.3, -0.25) is 4.79 Å². The molecule has 1 unspecified atom stereocenters. The maximum atomic E-state index is 11.4. The van der Waals surface area contributed by atoms with Gasteiger partial charge in [-0.05, 0) is 61.2 Å². The standard InChI is InChI=1S/C25H29N5O2/c1-32-23-10-6-19(7-11-23)21-15-27-25(28-16-21)29-22-8-4-18(5-9-22)12-14-30-13-2-3-20(17-30)24(26)31/h4-11,15-16,20H,2-3,12-14,17H2,1H3,(H2,26,31)(H,27,28,29). The van der Waals surface area contributed by atoms with Crippen LogP contribution in [-0.2, 0) is 11.2 Å². The first-order valence-electron chi connectivity index (χ1n) is 10.9. The number of hydrogen-bond acceptors (Lipinski definition) is 6. The first kappa shape index (κ1) is 21.8. The Balaban J connectivity index is 1.30. The number of likely N-dealkylation sites (tertiary alicyclic amines) is 1. The molecule has 3 N–H and O–H groups in total. The fraction of sp³-hybridized carbons (Fsp3) is 0.320. The van der Waals surface area contributed by atoms with Crippen LogP contribution in [0.2, 0.25) is 0 Å². The number of nitrogens with two attached hydrogens (primary N) is 1. The average Bonchev–Trinajstić information content (AvgIpc) is 2.84. The zero-order valence-electron chi connectivity index (χ0n) is 18.3. The van der Waals surface area contributed by atoms with E-state index in [0.29, 0.717) is 5.95 Å². The van der Waals surface area contributed by atoms with Gasteiger partial charge in [0.1, 0.15) is 5.75 Å². The monoisotopic (exact) mass is 431 g/mol. The third-order valence-corrected chi connectivity index (χ3v) is 5.91. The van der Waals surface area contributed by atoms with Crippen LogP contribution in [0.1, 0.15) is 18.4 Å². The van der Waals surface area contributed by atoms with Crippen molar-refractivity contribution < 1.29 is 9.53 Å². The van der Waals surface area contributed by atoms with Crippen LogP contribution in [0.25, 0.3) is 11.1 Å². The van der Waals surface area contributed by atoms with Gasteiger partial charge >= 0.3 is 0 Å². The second kappa shape index (κ2) is 10.2. The Labute approximate surface area is 188 Å². The van der Waals surface area contributed by atoms with Crippen LogP contribution in [0.3, 0.4) is 0 Å². The molecule has 7 nitrogen and oxygen atoms in total. The lowest BCUT2D eigenvalue weighted by Gasteiger charge is -2.31. The van der Waals surface area contributed by atoms with E-state index in [9.17, 15) is 4.79 Å². The molecule has 7 heteroatoms. The number of aromatic nitrogens is 2. The summed E-state index contributed by atoms with van der Waals surface area (Å²) in [5, 5.41) is 3.25. The molecule has 1 aliphatic heterocycles. The van der Waals surface area contributed by atoms with Gasteiger partial charge in [-0.1, -0.05) is 24.3 Å². The number of carbonyl (C=O) groups excluding carboxylic acids is 1. The molecular weight excluding hydrogens is 402 g/mol. The highest BCUT2D eigenvalue weighted by Crippen LogP contribution is 2.22. The molecule has 32 heavy (non-hydrogen) atoms. The zero-order chi connectivity index (χ0) is 22.3. The number of nitrogens with zero attached hydrogens (tertiary/aromatic N) is 3. The Morgan fingerprint density at radius 2 is 1.81 bits per heavy atom. The fourth-order valence-corrected chi connectivity index (χ4v) is 3.99. The van der Waals surface area contributed by atoms with Crippen LogP contribution in [0.4, 0.5) is 11.6 Å². The van der Waals surface area contributed by atoms with Crippen molar-refractivity contribution >= 4 is 17.5 Å². The SMILES string of the molecule is COc1ccc(-c2cnc(Nc3ccc(CCN4CCCC(C(N)=O)C4)cc3)nc2)cc1. The topological polar surface area (TPSA) is 93.4 Å². The van der Waals surface area contributed by atoms with E-state index in [0.717, 1.165) is 61.5 Å². The van der Waals surface area contributed by atoms with E-state index in [4.69, 9.17) is 10.5 Å². The summed E-state index contributed by atoms with van der Waals surface area (Å²) in [6, 6.07) is 16.1. The number of hydrogen-bond donors (Lipinski definition) is 2. The van der Waals surface area contributed by atoms with Gasteiger partial charge in [0.25, 0.3) is 0 Å². The Kier molecular flexibility index (Phi) is 6.97. The Hall–Kier alpha value is -3.45. The van der Waals surface area contributed by atoms with Crippen LogP contribution < -0.4 is 15.8 Å². The van der Waals surface area contributed by atoms with Gasteiger partial charge in [-0.15, -0.1) is 0 Å². The number of ether oxygens (including phenoxy) is 1. The minimum absolute atomic E-state index is 0.00793. The quantitative estimate of drug-likeness (QED) is 0.566. The highest BCUT2D eigenvalue weighted by Gasteiger charge is 2.23. The maximum Gasteiger partial charge on any atom is 0.227 e. The van der Waals surface area contributed by atoms with Gasteiger partial charge < -0.3 is 20.7 Å². The molecule has 1 atom stereocenters. The van der Waals surface area contributed by atoms with E-state index < -0.39 is 0 Å². The van der Waals surface area contributed by atoms with Gasteiger partial charge in [0, 0.05) is 36.7 Å². The number of amides is 1. The number of anilines is 2. The molecule has 1 aromatic heterocycles. The molecule has 0 aliphatic carbocycles. The van der Waals surface area contributed by atoms with Crippen LogP contribution in [0.5, 0.6) is 5.75 Å². The molecule has 2 aromatic carbocycles. The normalized spacial score (nSPS) is 16.5. The molecule has 0 bridgehead atoms. The number of rotatable bonds is 8. The lowest BCUT2D eigenvalue weighted by molar-refractivity contribution is -0.123. The molecular formula is C25H29N5O2. The van der Waals surface area contributed by atoms with Crippen molar-refractivity contribution in [1.82, 2.24) is 14.9 Å². The number of benzene rings is 2.